The van der Waals surface area contributed by atoms with Crippen LogP contribution < -0.4 is 10.0 Å². The zero-order chi connectivity index (χ0) is 20.3. The molecule has 150 valence electrons. The minimum absolute atomic E-state index is 0.0181. The Balaban J connectivity index is 1.75. The summed E-state index contributed by atoms with van der Waals surface area (Å²) in [6.45, 7) is 1.59. The van der Waals surface area contributed by atoms with Gasteiger partial charge in [-0.05, 0) is 74.6 Å². The monoisotopic (exact) mass is 406 g/mol. The van der Waals surface area contributed by atoms with Gasteiger partial charge in [-0.15, -0.1) is 0 Å². The van der Waals surface area contributed by atoms with Crippen molar-refractivity contribution in [3.8, 4) is 0 Å². The predicted octanol–water partition coefficient (Wildman–Crippen LogP) is 2.97. The maximum absolute atomic E-state index is 13.4. The smallest absolute Gasteiger partial charge is 0.255 e. The van der Waals surface area contributed by atoms with Crippen LogP contribution in [0, 0.1) is 12.7 Å². The SMILES string of the molecule is Cc1cc(NC(=O)c2cccc(S(=O)(=O)N[C@H]3CCC[C@@H](O)C3)c2)ccc1F. The Bertz CT molecular complexity index is 978. The summed E-state index contributed by atoms with van der Waals surface area (Å²) in [5.74, 6) is -0.860. The van der Waals surface area contributed by atoms with E-state index in [9.17, 15) is 22.7 Å². The molecule has 2 aromatic carbocycles. The summed E-state index contributed by atoms with van der Waals surface area (Å²) in [5, 5.41) is 12.4. The van der Waals surface area contributed by atoms with Gasteiger partial charge in [-0.2, -0.15) is 0 Å². The first kappa shape index (κ1) is 20.4. The summed E-state index contributed by atoms with van der Waals surface area (Å²) in [6.07, 6.45) is 1.98. The fourth-order valence-electron chi connectivity index (χ4n) is 3.29. The molecule has 8 heteroatoms. The number of benzene rings is 2. The van der Waals surface area contributed by atoms with E-state index in [1.165, 1.54) is 42.5 Å². The van der Waals surface area contributed by atoms with Crippen molar-refractivity contribution in [1.82, 2.24) is 4.72 Å². The standard InChI is InChI=1S/C20H23FN2O4S/c1-13-10-15(8-9-19(13)21)22-20(25)14-4-2-7-18(11-14)28(26,27)23-16-5-3-6-17(24)12-16/h2,4,7-11,16-17,23-24H,3,5-6,12H2,1H3,(H,22,25)/t16-,17+/m0/s1. The van der Waals surface area contributed by atoms with Crippen LogP contribution in [0.5, 0.6) is 0 Å². The third kappa shape index (κ3) is 4.95. The number of anilines is 1. The normalized spacial score (nSPS) is 20.0. The summed E-state index contributed by atoms with van der Waals surface area (Å²) in [5.41, 5.74) is 0.994. The quantitative estimate of drug-likeness (QED) is 0.711. The molecule has 1 aliphatic carbocycles. The van der Waals surface area contributed by atoms with Crippen molar-refractivity contribution in [3.63, 3.8) is 0 Å². The van der Waals surface area contributed by atoms with Gasteiger partial charge in [0.2, 0.25) is 10.0 Å². The van der Waals surface area contributed by atoms with Gasteiger partial charge in [0.05, 0.1) is 11.0 Å². The molecule has 0 bridgehead atoms. The van der Waals surface area contributed by atoms with Crippen LogP contribution in [-0.4, -0.2) is 31.6 Å². The van der Waals surface area contributed by atoms with Crippen molar-refractivity contribution in [2.24, 2.45) is 0 Å². The third-order valence-electron chi connectivity index (χ3n) is 4.79. The second-order valence-electron chi connectivity index (χ2n) is 7.08. The number of carbonyl (C=O) groups is 1. The maximum atomic E-state index is 13.4. The Morgan fingerprint density at radius 2 is 1.96 bits per heavy atom. The Hall–Kier alpha value is -2.29. The van der Waals surface area contributed by atoms with Crippen molar-refractivity contribution < 1.29 is 22.7 Å². The van der Waals surface area contributed by atoms with Gasteiger partial charge in [-0.25, -0.2) is 17.5 Å². The van der Waals surface area contributed by atoms with E-state index in [2.05, 4.69) is 10.0 Å². The number of halogens is 1. The van der Waals surface area contributed by atoms with Gasteiger partial charge in [-0.3, -0.25) is 4.79 Å². The molecule has 3 rings (SSSR count). The summed E-state index contributed by atoms with van der Waals surface area (Å²) < 4.78 is 41.3. The zero-order valence-electron chi connectivity index (χ0n) is 15.5. The minimum Gasteiger partial charge on any atom is -0.393 e. The Labute approximate surface area is 163 Å². The van der Waals surface area contributed by atoms with Crippen LogP contribution in [0.1, 0.15) is 41.6 Å². The highest BCUT2D eigenvalue weighted by atomic mass is 32.2. The molecule has 1 fully saturated rings. The molecular weight excluding hydrogens is 383 g/mol. The molecule has 2 atom stereocenters. The lowest BCUT2D eigenvalue weighted by Gasteiger charge is -2.26. The van der Waals surface area contributed by atoms with Crippen molar-refractivity contribution in [2.75, 3.05) is 5.32 Å². The van der Waals surface area contributed by atoms with Crippen LogP contribution in [0.2, 0.25) is 0 Å². The molecule has 1 aliphatic rings. The van der Waals surface area contributed by atoms with Crippen LogP contribution in [0.25, 0.3) is 0 Å². The van der Waals surface area contributed by atoms with Gasteiger partial charge < -0.3 is 10.4 Å². The number of aliphatic hydroxyl groups is 1. The zero-order valence-corrected chi connectivity index (χ0v) is 16.3. The average molecular weight is 406 g/mol. The van der Waals surface area contributed by atoms with E-state index < -0.39 is 22.0 Å². The van der Waals surface area contributed by atoms with Crippen LogP contribution in [0.15, 0.2) is 47.4 Å². The number of hydrogen-bond acceptors (Lipinski definition) is 4. The van der Waals surface area contributed by atoms with Gasteiger partial charge in [0.15, 0.2) is 0 Å². The molecule has 0 aliphatic heterocycles. The Morgan fingerprint density at radius 1 is 1.18 bits per heavy atom. The summed E-state index contributed by atoms with van der Waals surface area (Å²) in [4.78, 5) is 12.5. The van der Waals surface area contributed by atoms with Gasteiger partial charge in [0.25, 0.3) is 5.91 Å². The molecule has 0 saturated heterocycles. The molecule has 0 radical (unpaired) electrons. The van der Waals surface area contributed by atoms with E-state index in [-0.39, 0.29) is 22.3 Å². The number of amides is 1. The fourth-order valence-corrected chi connectivity index (χ4v) is 4.62. The van der Waals surface area contributed by atoms with Crippen LogP contribution in [-0.2, 0) is 10.0 Å². The highest BCUT2D eigenvalue weighted by Crippen LogP contribution is 2.21. The predicted molar refractivity (Wildman–Crippen MR) is 104 cm³/mol. The highest BCUT2D eigenvalue weighted by Gasteiger charge is 2.26. The molecule has 6 nitrogen and oxygen atoms in total. The molecule has 1 amide bonds. The molecule has 0 heterocycles. The van der Waals surface area contributed by atoms with Crippen molar-refractivity contribution in [1.29, 1.82) is 0 Å². The van der Waals surface area contributed by atoms with E-state index in [1.54, 1.807) is 6.92 Å². The van der Waals surface area contributed by atoms with E-state index in [1.807, 2.05) is 0 Å². The number of nitrogens with one attached hydrogen (secondary N) is 2. The number of hydrogen-bond donors (Lipinski definition) is 3. The number of carbonyl (C=O) groups excluding carboxylic acids is 1. The molecule has 28 heavy (non-hydrogen) atoms. The van der Waals surface area contributed by atoms with Crippen molar-refractivity contribution in [2.45, 2.75) is 49.6 Å². The summed E-state index contributed by atoms with van der Waals surface area (Å²) >= 11 is 0. The summed E-state index contributed by atoms with van der Waals surface area (Å²) in [6, 6.07) is 9.60. The first-order chi connectivity index (χ1) is 13.2. The second-order valence-corrected chi connectivity index (χ2v) is 8.80. The van der Waals surface area contributed by atoms with E-state index >= 15 is 0 Å². The minimum atomic E-state index is -3.82. The molecule has 0 spiro atoms. The number of rotatable bonds is 5. The number of aryl methyl sites for hydroxylation is 1. The van der Waals surface area contributed by atoms with E-state index in [0.29, 0.717) is 30.5 Å². The van der Waals surface area contributed by atoms with Crippen LogP contribution in [0.3, 0.4) is 0 Å². The molecule has 2 aromatic rings. The largest absolute Gasteiger partial charge is 0.393 e. The lowest BCUT2D eigenvalue weighted by atomic mass is 9.94. The highest BCUT2D eigenvalue weighted by molar-refractivity contribution is 7.89. The van der Waals surface area contributed by atoms with Crippen LogP contribution in [0.4, 0.5) is 10.1 Å². The van der Waals surface area contributed by atoms with Crippen molar-refractivity contribution >= 4 is 21.6 Å². The maximum Gasteiger partial charge on any atom is 0.255 e. The number of aliphatic hydroxyl groups excluding tert-OH is 1. The van der Waals surface area contributed by atoms with E-state index in [4.69, 9.17) is 0 Å². The lowest BCUT2D eigenvalue weighted by molar-refractivity contribution is 0.102. The van der Waals surface area contributed by atoms with Gasteiger partial charge in [0, 0.05) is 17.3 Å². The lowest BCUT2D eigenvalue weighted by Crippen LogP contribution is -2.39. The topological polar surface area (TPSA) is 95.5 Å². The first-order valence-corrected chi connectivity index (χ1v) is 10.6. The van der Waals surface area contributed by atoms with Gasteiger partial charge >= 0.3 is 0 Å². The number of sulfonamides is 1. The summed E-state index contributed by atoms with van der Waals surface area (Å²) in [7, 11) is -3.82. The van der Waals surface area contributed by atoms with Gasteiger partial charge in [-0.1, -0.05) is 6.07 Å². The molecule has 1 saturated carbocycles. The average Bonchev–Trinajstić information content (AvgIpc) is 2.64. The molecule has 0 aromatic heterocycles. The van der Waals surface area contributed by atoms with Gasteiger partial charge in [0.1, 0.15) is 5.82 Å². The Morgan fingerprint density at radius 3 is 2.68 bits per heavy atom. The second kappa shape index (κ2) is 8.38. The Kier molecular flexibility index (Phi) is 6.12. The van der Waals surface area contributed by atoms with Crippen LogP contribution >= 0.6 is 0 Å². The van der Waals surface area contributed by atoms with Crippen molar-refractivity contribution in [3.05, 3.63) is 59.4 Å². The molecule has 3 N–H and O–H groups in total. The molecular formula is C20H23FN2O4S. The third-order valence-corrected chi connectivity index (χ3v) is 6.31. The van der Waals surface area contributed by atoms with E-state index in [0.717, 1.165) is 6.42 Å². The first-order valence-electron chi connectivity index (χ1n) is 9.12. The fraction of sp³-hybridized carbons (Fsp3) is 0.350. The molecule has 0 unspecified atom stereocenters.